The zero-order valence-electron chi connectivity index (χ0n) is 11.6. The van der Waals surface area contributed by atoms with E-state index >= 15 is 0 Å². The predicted molar refractivity (Wildman–Crippen MR) is 78.7 cm³/mol. The Morgan fingerprint density at radius 1 is 1.18 bits per heavy atom. The molecular weight excluding hydrogens is 311 g/mol. The molecule has 2 nitrogen and oxygen atoms in total. The summed E-state index contributed by atoms with van der Waals surface area (Å²) in [7, 11) is 0. The van der Waals surface area contributed by atoms with Gasteiger partial charge in [0.2, 0.25) is 0 Å². The predicted octanol–water partition coefficient (Wildman–Crippen LogP) is 4.57. The van der Waals surface area contributed by atoms with Crippen molar-refractivity contribution < 1.29 is 18.0 Å². The molecule has 1 aliphatic rings. The third kappa shape index (κ3) is 3.32. The van der Waals surface area contributed by atoms with E-state index < -0.39 is 11.7 Å². The van der Waals surface area contributed by atoms with E-state index in [4.69, 9.17) is 0 Å². The maximum absolute atomic E-state index is 12.6. The molecule has 1 aliphatic carbocycles. The summed E-state index contributed by atoms with van der Waals surface area (Å²) in [6, 6.07) is 8.82. The lowest BCUT2D eigenvalue weighted by Gasteiger charge is -2.22. The van der Waals surface area contributed by atoms with Gasteiger partial charge in [-0.2, -0.15) is 13.2 Å². The third-order valence-corrected chi connectivity index (χ3v) is 4.47. The first-order chi connectivity index (χ1) is 10.4. The lowest BCUT2D eigenvalue weighted by molar-refractivity contribution is -0.137. The summed E-state index contributed by atoms with van der Waals surface area (Å²) < 4.78 is 37.7. The fraction of sp³-hybridized carbons (Fsp3) is 0.312. The maximum Gasteiger partial charge on any atom is 0.416 e. The van der Waals surface area contributed by atoms with Gasteiger partial charge in [0.15, 0.2) is 0 Å². The summed E-state index contributed by atoms with van der Waals surface area (Å²) in [5.41, 5.74) is 0.0450. The molecule has 0 N–H and O–H groups in total. The maximum atomic E-state index is 12.6. The normalized spacial score (nSPS) is 14.9. The van der Waals surface area contributed by atoms with Crippen LogP contribution in [0.15, 0.2) is 41.8 Å². The van der Waals surface area contributed by atoms with Gasteiger partial charge in [-0.15, -0.1) is 11.3 Å². The minimum absolute atomic E-state index is 0.0441. The Labute approximate surface area is 130 Å². The Balaban J connectivity index is 1.76. The van der Waals surface area contributed by atoms with Crippen molar-refractivity contribution in [2.45, 2.75) is 31.6 Å². The number of thiophene rings is 1. The average Bonchev–Trinajstić information content (AvgIpc) is 3.17. The van der Waals surface area contributed by atoms with Crippen molar-refractivity contribution in [2.24, 2.45) is 0 Å². The molecule has 1 saturated carbocycles. The molecule has 0 unspecified atom stereocenters. The molecule has 2 aromatic rings. The number of carbonyl (C=O) groups is 1. The molecule has 0 aliphatic heterocycles. The van der Waals surface area contributed by atoms with Crippen molar-refractivity contribution in [2.75, 3.05) is 0 Å². The molecule has 3 rings (SSSR count). The first-order valence-electron chi connectivity index (χ1n) is 6.96. The fourth-order valence-electron chi connectivity index (χ4n) is 2.29. The smallest absolute Gasteiger partial charge is 0.331 e. The molecule has 1 amide bonds. The van der Waals surface area contributed by atoms with Crippen molar-refractivity contribution in [1.29, 1.82) is 0 Å². The molecule has 0 radical (unpaired) electrons. The van der Waals surface area contributed by atoms with Crippen LogP contribution in [-0.4, -0.2) is 16.8 Å². The van der Waals surface area contributed by atoms with Crippen LogP contribution in [0.5, 0.6) is 0 Å². The molecule has 0 saturated heterocycles. The van der Waals surface area contributed by atoms with Crippen LogP contribution in [0.4, 0.5) is 13.2 Å². The highest BCUT2D eigenvalue weighted by Gasteiger charge is 2.34. The van der Waals surface area contributed by atoms with Gasteiger partial charge >= 0.3 is 6.18 Å². The van der Waals surface area contributed by atoms with Crippen molar-refractivity contribution in [3.05, 3.63) is 57.8 Å². The second kappa shape index (κ2) is 5.76. The number of rotatable bonds is 4. The lowest BCUT2D eigenvalue weighted by atomic mass is 10.1. The number of carbonyl (C=O) groups excluding carboxylic acids is 1. The standard InChI is InChI=1S/C16H14F3NOS/c17-16(18,19)12-5-3-11(4-6-12)10-20(13-7-8-13)15(21)14-2-1-9-22-14/h1-6,9,13H,7-8,10H2. The van der Waals surface area contributed by atoms with Gasteiger partial charge in [0.1, 0.15) is 0 Å². The van der Waals surface area contributed by atoms with E-state index in [9.17, 15) is 18.0 Å². The van der Waals surface area contributed by atoms with Gasteiger partial charge in [-0.3, -0.25) is 4.79 Å². The number of hydrogen-bond donors (Lipinski definition) is 0. The molecule has 0 atom stereocenters. The number of halogens is 3. The van der Waals surface area contributed by atoms with E-state index in [1.54, 1.807) is 11.0 Å². The SMILES string of the molecule is O=C(c1cccs1)N(Cc1ccc(C(F)(F)F)cc1)C1CC1. The number of amides is 1. The Morgan fingerprint density at radius 2 is 1.86 bits per heavy atom. The third-order valence-electron chi connectivity index (χ3n) is 3.61. The quantitative estimate of drug-likeness (QED) is 0.806. The van der Waals surface area contributed by atoms with Crippen LogP contribution in [0.25, 0.3) is 0 Å². The summed E-state index contributed by atoms with van der Waals surface area (Å²) in [4.78, 5) is 14.9. The Kier molecular flexibility index (Phi) is 3.95. The largest absolute Gasteiger partial charge is 0.416 e. The summed E-state index contributed by atoms with van der Waals surface area (Å²) in [5, 5.41) is 1.84. The van der Waals surface area contributed by atoms with E-state index in [2.05, 4.69) is 0 Å². The van der Waals surface area contributed by atoms with E-state index in [0.29, 0.717) is 17.0 Å². The molecular formula is C16H14F3NOS. The fourth-order valence-corrected chi connectivity index (χ4v) is 2.97. The first kappa shape index (κ1) is 15.1. The number of benzene rings is 1. The number of alkyl halides is 3. The van der Waals surface area contributed by atoms with Crippen LogP contribution in [0.2, 0.25) is 0 Å². The Hall–Kier alpha value is -1.82. The van der Waals surface area contributed by atoms with Gasteiger partial charge < -0.3 is 4.90 Å². The topological polar surface area (TPSA) is 20.3 Å². The molecule has 6 heteroatoms. The van der Waals surface area contributed by atoms with E-state index in [1.807, 2.05) is 11.4 Å². The van der Waals surface area contributed by atoms with Crippen LogP contribution < -0.4 is 0 Å². The molecule has 0 spiro atoms. The monoisotopic (exact) mass is 325 g/mol. The highest BCUT2D eigenvalue weighted by atomic mass is 32.1. The van der Waals surface area contributed by atoms with Crippen LogP contribution >= 0.6 is 11.3 Å². The molecule has 0 bridgehead atoms. The van der Waals surface area contributed by atoms with Gasteiger partial charge in [0.05, 0.1) is 10.4 Å². The zero-order valence-corrected chi connectivity index (χ0v) is 12.5. The molecule has 1 aromatic carbocycles. The molecule has 1 fully saturated rings. The molecule has 1 heterocycles. The van der Waals surface area contributed by atoms with Crippen LogP contribution in [0.1, 0.15) is 33.6 Å². The van der Waals surface area contributed by atoms with E-state index in [-0.39, 0.29) is 11.9 Å². The number of hydrogen-bond acceptors (Lipinski definition) is 2. The Bertz CT molecular complexity index is 645. The summed E-state index contributed by atoms with van der Waals surface area (Å²) in [6.45, 7) is 0.347. The lowest BCUT2D eigenvalue weighted by Crippen LogP contribution is -2.32. The molecule has 22 heavy (non-hydrogen) atoms. The van der Waals surface area contributed by atoms with E-state index in [1.165, 1.54) is 23.5 Å². The second-order valence-electron chi connectivity index (χ2n) is 5.34. The van der Waals surface area contributed by atoms with Gasteiger partial charge in [-0.25, -0.2) is 0 Å². The van der Waals surface area contributed by atoms with Gasteiger partial charge in [0.25, 0.3) is 5.91 Å². The van der Waals surface area contributed by atoms with Gasteiger partial charge in [-0.1, -0.05) is 18.2 Å². The second-order valence-corrected chi connectivity index (χ2v) is 6.28. The summed E-state index contributed by atoms with van der Waals surface area (Å²) in [6.07, 6.45) is -2.42. The van der Waals surface area contributed by atoms with E-state index in [0.717, 1.165) is 25.0 Å². The van der Waals surface area contributed by atoms with Gasteiger partial charge in [0, 0.05) is 12.6 Å². The van der Waals surface area contributed by atoms with Gasteiger partial charge in [-0.05, 0) is 42.0 Å². The average molecular weight is 325 g/mol. The van der Waals surface area contributed by atoms with Crippen LogP contribution in [0, 0.1) is 0 Å². The highest BCUT2D eigenvalue weighted by molar-refractivity contribution is 7.12. The van der Waals surface area contributed by atoms with Crippen LogP contribution in [-0.2, 0) is 12.7 Å². The van der Waals surface area contributed by atoms with Crippen molar-refractivity contribution in [3.63, 3.8) is 0 Å². The zero-order chi connectivity index (χ0) is 15.7. The minimum Gasteiger partial charge on any atom is -0.331 e. The molecule has 116 valence electrons. The minimum atomic E-state index is -4.33. The van der Waals surface area contributed by atoms with Crippen LogP contribution in [0.3, 0.4) is 0 Å². The van der Waals surface area contributed by atoms with Crippen molar-refractivity contribution in [1.82, 2.24) is 4.90 Å². The Morgan fingerprint density at radius 3 is 2.36 bits per heavy atom. The van der Waals surface area contributed by atoms with Crippen molar-refractivity contribution >= 4 is 17.2 Å². The molecule has 1 aromatic heterocycles. The summed E-state index contributed by atoms with van der Waals surface area (Å²) in [5.74, 6) is -0.0441. The number of nitrogens with zero attached hydrogens (tertiary/aromatic N) is 1. The first-order valence-corrected chi connectivity index (χ1v) is 7.84. The summed E-state index contributed by atoms with van der Waals surface area (Å²) >= 11 is 1.38. The van der Waals surface area contributed by atoms with Crippen molar-refractivity contribution in [3.8, 4) is 0 Å². The highest BCUT2D eigenvalue weighted by Crippen LogP contribution is 2.32.